The minimum Gasteiger partial charge on any atom is -0.282 e. The standard InChI is InChI=1S/C8H8F2O3S/c1-2-5-3-7(10)8(4-6(5)9)14(11,12)13/h3-4H,2H2,1H3,(H,11,12,13). The number of benzene rings is 1. The van der Waals surface area contributed by atoms with E-state index < -0.39 is 26.6 Å². The molecule has 1 rings (SSSR count). The molecule has 3 nitrogen and oxygen atoms in total. The third-order valence-electron chi connectivity index (χ3n) is 1.76. The Morgan fingerprint density at radius 3 is 2.29 bits per heavy atom. The summed E-state index contributed by atoms with van der Waals surface area (Å²) < 4.78 is 55.7. The highest BCUT2D eigenvalue weighted by molar-refractivity contribution is 7.85. The van der Waals surface area contributed by atoms with Gasteiger partial charge in [0, 0.05) is 0 Å². The van der Waals surface area contributed by atoms with Crippen LogP contribution in [0.15, 0.2) is 17.0 Å². The summed E-state index contributed by atoms with van der Waals surface area (Å²) in [5.41, 5.74) is 0.0647. The first-order valence-corrected chi connectivity index (χ1v) is 5.25. The lowest BCUT2D eigenvalue weighted by molar-refractivity contribution is 0.470. The van der Waals surface area contributed by atoms with Gasteiger partial charge >= 0.3 is 0 Å². The van der Waals surface area contributed by atoms with E-state index in [1.807, 2.05) is 0 Å². The molecule has 1 aromatic rings. The average molecular weight is 222 g/mol. The fourth-order valence-corrected chi connectivity index (χ4v) is 1.60. The molecular weight excluding hydrogens is 214 g/mol. The molecule has 78 valence electrons. The molecule has 0 saturated carbocycles. The molecule has 0 unspecified atom stereocenters. The van der Waals surface area contributed by atoms with Crippen LogP contribution in [0.25, 0.3) is 0 Å². The number of rotatable bonds is 2. The number of halogens is 2. The van der Waals surface area contributed by atoms with Crippen molar-refractivity contribution in [1.82, 2.24) is 0 Å². The summed E-state index contributed by atoms with van der Waals surface area (Å²) in [5, 5.41) is 0. The van der Waals surface area contributed by atoms with Crippen molar-refractivity contribution in [2.75, 3.05) is 0 Å². The van der Waals surface area contributed by atoms with Crippen molar-refractivity contribution in [3.63, 3.8) is 0 Å². The lowest BCUT2D eigenvalue weighted by Crippen LogP contribution is -2.04. The van der Waals surface area contributed by atoms with Crippen molar-refractivity contribution in [1.29, 1.82) is 0 Å². The molecule has 0 aliphatic heterocycles. The SMILES string of the molecule is CCc1cc(F)c(S(=O)(=O)O)cc1F. The minimum absolute atomic E-state index is 0.0647. The molecule has 0 aliphatic carbocycles. The van der Waals surface area contributed by atoms with Gasteiger partial charge in [0.05, 0.1) is 0 Å². The van der Waals surface area contributed by atoms with Gasteiger partial charge in [-0.25, -0.2) is 8.78 Å². The van der Waals surface area contributed by atoms with E-state index in [9.17, 15) is 17.2 Å². The molecule has 0 saturated heterocycles. The highest BCUT2D eigenvalue weighted by Crippen LogP contribution is 2.19. The molecule has 0 atom stereocenters. The fourth-order valence-electron chi connectivity index (χ4n) is 1.04. The Balaban J connectivity index is 3.44. The van der Waals surface area contributed by atoms with E-state index in [4.69, 9.17) is 4.55 Å². The second-order valence-corrected chi connectivity index (χ2v) is 4.09. The summed E-state index contributed by atoms with van der Waals surface area (Å²) in [6, 6.07) is 1.24. The van der Waals surface area contributed by atoms with Crippen LogP contribution < -0.4 is 0 Å². The van der Waals surface area contributed by atoms with Gasteiger partial charge in [-0.2, -0.15) is 8.42 Å². The van der Waals surface area contributed by atoms with Gasteiger partial charge in [0.2, 0.25) is 0 Å². The maximum Gasteiger partial charge on any atom is 0.297 e. The van der Waals surface area contributed by atoms with Crippen LogP contribution in [0.3, 0.4) is 0 Å². The Hall–Kier alpha value is -1.01. The quantitative estimate of drug-likeness (QED) is 0.776. The summed E-state index contributed by atoms with van der Waals surface area (Å²) >= 11 is 0. The summed E-state index contributed by atoms with van der Waals surface area (Å²) in [7, 11) is -4.70. The van der Waals surface area contributed by atoms with Crippen molar-refractivity contribution in [3.8, 4) is 0 Å². The molecule has 0 spiro atoms. The van der Waals surface area contributed by atoms with E-state index in [-0.39, 0.29) is 12.0 Å². The smallest absolute Gasteiger partial charge is 0.282 e. The first-order chi connectivity index (χ1) is 6.36. The third-order valence-corrected chi connectivity index (χ3v) is 2.63. The van der Waals surface area contributed by atoms with Gasteiger partial charge in [-0.15, -0.1) is 0 Å². The maximum absolute atomic E-state index is 13.0. The summed E-state index contributed by atoms with van der Waals surface area (Å²) in [6.45, 7) is 1.60. The van der Waals surface area contributed by atoms with E-state index in [2.05, 4.69) is 0 Å². The van der Waals surface area contributed by atoms with Crippen molar-refractivity contribution < 1.29 is 21.8 Å². The molecule has 0 amide bonds. The zero-order valence-electron chi connectivity index (χ0n) is 7.29. The molecule has 1 aromatic carbocycles. The second-order valence-electron chi connectivity index (χ2n) is 2.70. The predicted molar refractivity (Wildman–Crippen MR) is 45.6 cm³/mol. The monoisotopic (exact) mass is 222 g/mol. The molecule has 14 heavy (non-hydrogen) atoms. The van der Waals surface area contributed by atoms with E-state index >= 15 is 0 Å². The average Bonchev–Trinajstić information content (AvgIpc) is 2.06. The number of hydrogen-bond donors (Lipinski definition) is 1. The predicted octanol–water partition coefficient (Wildman–Crippen LogP) is 1.77. The van der Waals surface area contributed by atoms with Gasteiger partial charge in [0.1, 0.15) is 16.5 Å². The van der Waals surface area contributed by atoms with Gasteiger partial charge in [0.25, 0.3) is 10.1 Å². The van der Waals surface area contributed by atoms with Gasteiger partial charge in [-0.3, -0.25) is 4.55 Å². The van der Waals surface area contributed by atoms with Gasteiger partial charge < -0.3 is 0 Å². The Bertz CT molecular complexity index is 454. The molecule has 0 bridgehead atoms. The summed E-state index contributed by atoms with van der Waals surface area (Å²) in [5.74, 6) is -1.99. The Morgan fingerprint density at radius 1 is 1.29 bits per heavy atom. The zero-order chi connectivity index (χ0) is 10.9. The highest BCUT2D eigenvalue weighted by Gasteiger charge is 2.18. The normalized spacial score (nSPS) is 11.7. The lowest BCUT2D eigenvalue weighted by atomic mass is 10.1. The van der Waals surface area contributed by atoms with Crippen molar-refractivity contribution in [2.24, 2.45) is 0 Å². The molecule has 0 aromatic heterocycles. The van der Waals surface area contributed by atoms with Crippen LogP contribution in [0.1, 0.15) is 12.5 Å². The van der Waals surface area contributed by atoms with Crippen LogP contribution in [-0.2, 0) is 16.5 Å². The molecular formula is C8H8F2O3S. The zero-order valence-corrected chi connectivity index (χ0v) is 8.11. The van der Waals surface area contributed by atoms with Gasteiger partial charge in [-0.1, -0.05) is 6.92 Å². The minimum atomic E-state index is -4.70. The number of hydrogen-bond acceptors (Lipinski definition) is 2. The Labute approximate surface area is 80.1 Å². The fraction of sp³-hybridized carbons (Fsp3) is 0.250. The van der Waals surface area contributed by atoms with Crippen molar-refractivity contribution in [2.45, 2.75) is 18.2 Å². The summed E-state index contributed by atoms with van der Waals surface area (Å²) in [6.07, 6.45) is 0.245. The molecule has 0 heterocycles. The molecule has 1 N–H and O–H groups in total. The van der Waals surface area contributed by atoms with E-state index in [0.29, 0.717) is 6.07 Å². The van der Waals surface area contributed by atoms with Crippen LogP contribution in [0.5, 0.6) is 0 Å². The maximum atomic E-state index is 13.0. The van der Waals surface area contributed by atoms with E-state index in [1.54, 1.807) is 6.92 Å². The third kappa shape index (κ3) is 2.08. The van der Waals surface area contributed by atoms with Gasteiger partial charge in [0.15, 0.2) is 0 Å². The topological polar surface area (TPSA) is 54.4 Å². The van der Waals surface area contributed by atoms with Crippen molar-refractivity contribution in [3.05, 3.63) is 29.3 Å². The molecule has 0 fully saturated rings. The largest absolute Gasteiger partial charge is 0.297 e. The second kappa shape index (κ2) is 3.62. The first-order valence-electron chi connectivity index (χ1n) is 3.81. The van der Waals surface area contributed by atoms with Crippen LogP contribution in [0, 0.1) is 11.6 Å². The Kier molecular flexibility index (Phi) is 2.86. The molecule has 0 radical (unpaired) electrons. The van der Waals surface area contributed by atoms with Crippen molar-refractivity contribution >= 4 is 10.1 Å². The van der Waals surface area contributed by atoms with E-state index in [0.717, 1.165) is 6.07 Å². The van der Waals surface area contributed by atoms with Crippen LogP contribution in [-0.4, -0.2) is 13.0 Å². The molecule has 6 heteroatoms. The first kappa shape index (κ1) is 11.1. The molecule has 0 aliphatic rings. The van der Waals surface area contributed by atoms with Gasteiger partial charge in [-0.05, 0) is 24.1 Å². The highest BCUT2D eigenvalue weighted by atomic mass is 32.2. The summed E-state index contributed by atoms with van der Waals surface area (Å²) in [4.78, 5) is -1.03. The number of aryl methyl sites for hydroxylation is 1. The van der Waals surface area contributed by atoms with E-state index in [1.165, 1.54) is 0 Å². The van der Waals surface area contributed by atoms with Crippen LogP contribution in [0.2, 0.25) is 0 Å². The van der Waals surface area contributed by atoms with Crippen LogP contribution in [0.4, 0.5) is 8.78 Å². The lowest BCUT2D eigenvalue weighted by Gasteiger charge is -2.03. The van der Waals surface area contributed by atoms with Crippen LogP contribution >= 0.6 is 0 Å². The Morgan fingerprint density at radius 2 is 1.86 bits per heavy atom.